The van der Waals surface area contributed by atoms with E-state index in [1.165, 1.54) is 5.56 Å². The second-order valence-corrected chi connectivity index (χ2v) is 4.43. The number of aryl methyl sites for hydroxylation is 1. The second-order valence-electron chi connectivity index (χ2n) is 4.43. The molecule has 1 aromatic carbocycles. The summed E-state index contributed by atoms with van der Waals surface area (Å²) in [6.07, 6.45) is 4.32. The molecule has 1 aromatic heterocycles. The van der Waals surface area contributed by atoms with E-state index in [-0.39, 0.29) is 5.78 Å². The van der Waals surface area contributed by atoms with E-state index in [2.05, 4.69) is 17.1 Å². The number of rotatable bonds is 2. The number of imidazole rings is 1. The summed E-state index contributed by atoms with van der Waals surface area (Å²) in [5.41, 5.74) is 2.99. The zero-order chi connectivity index (χ0) is 11.7. The number of aromatic nitrogens is 2. The molecule has 0 amide bonds. The predicted octanol–water partition coefficient (Wildman–Crippen LogP) is 2.45. The van der Waals surface area contributed by atoms with Crippen molar-refractivity contribution in [2.45, 2.75) is 25.8 Å². The number of benzene rings is 1. The fourth-order valence-electron chi connectivity index (χ4n) is 2.36. The van der Waals surface area contributed by atoms with Gasteiger partial charge in [-0.25, -0.2) is 4.98 Å². The van der Waals surface area contributed by atoms with Crippen LogP contribution in [0.1, 0.15) is 34.6 Å². The highest BCUT2D eigenvalue weighted by molar-refractivity contribution is 5.96. The molecular formula is C14H14N2O. The summed E-state index contributed by atoms with van der Waals surface area (Å²) in [6.45, 7) is 0.731. The van der Waals surface area contributed by atoms with Crippen LogP contribution in [-0.2, 0) is 13.0 Å². The Morgan fingerprint density at radius 2 is 2.00 bits per heavy atom. The van der Waals surface area contributed by atoms with E-state index in [1.54, 1.807) is 6.33 Å². The molecule has 0 fully saturated rings. The van der Waals surface area contributed by atoms with Gasteiger partial charge in [0.2, 0.25) is 0 Å². The van der Waals surface area contributed by atoms with E-state index in [1.807, 2.05) is 22.8 Å². The lowest BCUT2D eigenvalue weighted by atomic mass is 10.00. The summed E-state index contributed by atoms with van der Waals surface area (Å²) >= 11 is 0. The first kappa shape index (κ1) is 10.3. The first-order chi connectivity index (χ1) is 8.34. The normalized spacial score (nSPS) is 14.7. The van der Waals surface area contributed by atoms with Crippen molar-refractivity contribution in [3.05, 3.63) is 53.6 Å². The summed E-state index contributed by atoms with van der Waals surface area (Å²) in [4.78, 5) is 16.2. The molecule has 17 heavy (non-hydrogen) atoms. The molecule has 0 N–H and O–H groups in total. The molecule has 0 atom stereocenters. The lowest BCUT2D eigenvalue weighted by Gasteiger charge is -2.12. The Hall–Kier alpha value is -1.90. The summed E-state index contributed by atoms with van der Waals surface area (Å²) in [5, 5.41) is 0. The largest absolute Gasteiger partial charge is 0.323 e. The average Bonchev–Trinajstić information content (AvgIpc) is 2.75. The monoisotopic (exact) mass is 226 g/mol. The Kier molecular flexibility index (Phi) is 2.52. The van der Waals surface area contributed by atoms with Crippen LogP contribution < -0.4 is 0 Å². The van der Waals surface area contributed by atoms with E-state index in [4.69, 9.17) is 0 Å². The van der Waals surface area contributed by atoms with E-state index < -0.39 is 0 Å². The van der Waals surface area contributed by atoms with Crippen LogP contribution in [0.2, 0.25) is 0 Å². The highest BCUT2D eigenvalue weighted by Crippen LogP contribution is 2.20. The molecule has 86 valence electrons. The number of ketones is 1. The maximum absolute atomic E-state index is 11.9. The standard InChI is InChI=1S/C14H14N2O/c17-13-8-4-7-12-14(13)16(10-15-12)9-11-5-2-1-3-6-11/h1-3,5-6,10H,4,7-9H2. The topological polar surface area (TPSA) is 34.9 Å². The molecule has 3 rings (SSSR count). The Morgan fingerprint density at radius 3 is 2.82 bits per heavy atom. The van der Waals surface area contributed by atoms with Crippen LogP contribution in [-0.4, -0.2) is 15.3 Å². The minimum Gasteiger partial charge on any atom is -0.323 e. The molecule has 1 heterocycles. The number of Topliss-reactive ketones (excluding diaryl/α,β-unsaturated/α-hetero) is 1. The van der Waals surface area contributed by atoms with E-state index in [0.717, 1.165) is 30.8 Å². The van der Waals surface area contributed by atoms with Crippen molar-refractivity contribution in [3.8, 4) is 0 Å². The summed E-state index contributed by atoms with van der Waals surface area (Å²) in [5.74, 6) is 0.236. The van der Waals surface area contributed by atoms with Crippen molar-refractivity contribution in [1.82, 2.24) is 9.55 Å². The fraction of sp³-hybridized carbons (Fsp3) is 0.286. The van der Waals surface area contributed by atoms with Crippen molar-refractivity contribution in [2.75, 3.05) is 0 Å². The molecule has 0 bridgehead atoms. The van der Waals surface area contributed by atoms with Gasteiger partial charge in [-0.15, -0.1) is 0 Å². The Morgan fingerprint density at radius 1 is 1.18 bits per heavy atom. The van der Waals surface area contributed by atoms with Crippen LogP contribution in [0.25, 0.3) is 0 Å². The third-order valence-electron chi connectivity index (χ3n) is 3.19. The molecule has 0 spiro atoms. The molecule has 1 aliphatic rings. The lowest BCUT2D eigenvalue weighted by Crippen LogP contribution is -2.15. The van der Waals surface area contributed by atoms with Crippen molar-refractivity contribution in [1.29, 1.82) is 0 Å². The van der Waals surface area contributed by atoms with Gasteiger partial charge in [-0.2, -0.15) is 0 Å². The molecule has 0 radical (unpaired) electrons. The van der Waals surface area contributed by atoms with Gasteiger partial charge in [-0.3, -0.25) is 4.79 Å². The summed E-state index contributed by atoms with van der Waals surface area (Å²) in [7, 11) is 0. The Bertz CT molecular complexity index is 543. The van der Waals surface area contributed by atoms with Gasteiger partial charge in [-0.05, 0) is 18.4 Å². The SMILES string of the molecule is O=C1CCCc2ncn(Cc3ccccc3)c21. The van der Waals surface area contributed by atoms with Crippen molar-refractivity contribution in [2.24, 2.45) is 0 Å². The van der Waals surface area contributed by atoms with E-state index in [9.17, 15) is 4.79 Å². The number of carbonyl (C=O) groups excluding carboxylic acids is 1. The Balaban J connectivity index is 1.94. The van der Waals surface area contributed by atoms with E-state index >= 15 is 0 Å². The highest BCUT2D eigenvalue weighted by Gasteiger charge is 2.22. The quantitative estimate of drug-likeness (QED) is 0.788. The number of carbonyl (C=O) groups is 1. The lowest BCUT2D eigenvalue weighted by molar-refractivity contribution is 0.0963. The third-order valence-corrected chi connectivity index (χ3v) is 3.19. The zero-order valence-electron chi connectivity index (χ0n) is 9.60. The maximum atomic E-state index is 11.9. The molecule has 3 heteroatoms. The maximum Gasteiger partial charge on any atom is 0.181 e. The van der Waals surface area contributed by atoms with Gasteiger partial charge in [0, 0.05) is 13.0 Å². The van der Waals surface area contributed by atoms with Crippen LogP contribution >= 0.6 is 0 Å². The van der Waals surface area contributed by atoms with Gasteiger partial charge >= 0.3 is 0 Å². The predicted molar refractivity (Wildman–Crippen MR) is 65.0 cm³/mol. The first-order valence-corrected chi connectivity index (χ1v) is 5.96. The molecule has 0 unspecified atom stereocenters. The highest BCUT2D eigenvalue weighted by atomic mass is 16.1. The van der Waals surface area contributed by atoms with E-state index in [0.29, 0.717) is 6.42 Å². The number of nitrogens with zero attached hydrogens (tertiary/aromatic N) is 2. The van der Waals surface area contributed by atoms with Crippen molar-refractivity contribution in [3.63, 3.8) is 0 Å². The average molecular weight is 226 g/mol. The van der Waals surface area contributed by atoms with Crippen LogP contribution in [0.3, 0.4) is 0 Å². The molecule has 0 saturated heterocycles. The number of hydrogen-bond acceptors (Lipinski definition) is 2. The summed E-state index contributed by atoms with van der Waals surface area (Å²) < 4.78 is 1.98. The Labute approximate surface area is 100 Å². The molecular weight excluding hydrogens is 212 g/mol. The van der Waals surface area contributed by atoms with Gasteiger partial charge in [-0.1, -0.05) is 30.3 Å². The summed E-state index contributed by atoms with van der Waals surface area (Å²) in [6, 6.07) is 10.2. The van der Waals surface area contributed by atoms with Crippen LogP contribution in [0.4, 0.5) is 0 Å². The van der Waals surface area contributed by atoms with Crippen molar-refractivity contribution < 1.29 is 4.79 Å². The van der Waals surface area contributed by atoms with Gasteiger partial charge in [0.05, 0.1) is 12.0 Å². The number of fused-ring (bicyclic) bond motifs is 1. The minimum absolute atomic E-state index is 0.236. The van der Waals surface area contributed by atoms with Gasteiger partial charge in [0.25, 0.3) is 0 Å². The minimum atomic E-state index is 0.236. The molecule has 0 aliphatic heterocycles. The molecule has 1 aliphatic carbocycles. The smallest absolute Gasteiger partial charge is 0.181 e. The van der Waals surface area contributed by atoms with Crippen molar-refractivity contribution >= 4 is 5.78 Å². The molecule has 0 saturated carbocycles. The van der Waals surface area contributed by atoms with Crippen LogP contribution in [0, 0.1) is 0 Å². The first-order valence-electron chi connectivity index (χ1n) is 5.96. The van der Waals surface area contributed by atoms with Gasteiger partial charge in [0.15, 0.2) is 5.78 Å². The third kappa shape index (κ3) is 1.88. The molecule has 2 aromatic rings. The van der Waals surface area contributed by atoms with Crippen LogP contribution in [0.5, 0.6) is 0 Å². The number of hydrogen-bond donors (Lipinski definition) is 0. The van der Waals surface area contributed by atoms with Gasteiger partial charge in [0.1, 0.15) is 5.69 Å². The van der Waals surface area contributed by atoms with Crippen LogP contribution in [0.15, 0.2) is 36.7 Å². The van der Waals surface area contributed by atoms with Gasteiger partial charge < -0.3 is 4.57 Å². The molecule has 3 nitrogen and oxygen atoms in total. The fourth-order valence-corrected chi connectivity index (χ4v) is 2.36. The zero-order valence-corrected chi connectivity index (χ0v) is 9.60. The second kappa shape index (κ2) is 4.17.